The van der Waals surface area contributed by atoms with Gasteiger partial charge in [0.15, 0.2) is 5.78 Å². The molecule has 4 nitrogen and oxygen atoms in total. The zero-order chi connectivity index (χ0) is 13.2. The first-order valence-electron chi connectivity index (χ1n) is 6.87. The number of aliphatic hydroxyl groups is 1. The third kappa shape index (κ3) is 2.56. The Morgan fingerprint density at radius 3 is 2.84 bits per heavy atom. The van der Waals surface area contributed by atoms with E-state index in [2.05, 4.69) is 5.32 Å². The zero-order valence-electron chi connectivity index (χ0n) is 10.8. The van der Waals surface area contributed by atoms with Gasteiger partial charge >= 0.3 is 0 Å². The molecule has 0 bridgehead atoms. The molecule has 4 unspecified atom stereocenters. The van der Waals surface area contributed by atoms with E-state index in [0.29, 0.717) is 12.5 Å². The van der Waals surface area contributed by atoms with Gasteiger partial charge in [0.25, 0.3) is 0 Å². The summed E-state index contributed by atoms with van der Waals surface area (Å²) in [6, 6.07) is 9.45. The van der Waals surface area contributed by atoms with Gasteiger partial charge in [0.2, 0.25) is 0 Å². The lowest BCUT2D eigenvalue weighted by molar-refractivity contribution is -0.0223. The predicted molar refractivity (Wildman–Crippen MR) is 70.7 cm³/mol. The van der Waals surface area contributed by atoms with Crippen LogP contribution < -0.4 is 5.32 Å². The number of ether oxygens (including phenoxy) is 1. The smallest absolute Gasteiger partial charge is 0.167 e. The van der Waals surface area contributed by atoms with Crippen LogP contribution in [-0.4, -0.2) is 36.4 Å². The highest BCUT2D eigenvalue weighted by Gasteiger charge is 2.41. The Kier molecular flexibility index (Phi) is 3.64. The summed E-state index contributed by atoms with van der Waals surface area (Å²) >= 11 is 0. The lowest BCUT2D eigenvalue weighted by Gasteiger charge is -2.31. The molecule has 2 aliphatic heterocycles. The molecule has 1 aromatic carbocycles. The van der Waals surface area contributed by atoms with E-state index in [1.54, 1.807) is 0 Å². The Morgan fingerprint density at radius 2 is 2.11 bits per heavy atom. The number of rotatable bonds is 3. The number of fused-ring (bicyclic) bond motifs is 1. The second kappa shape index (κ2) is 5.41. The minimum Gasteiger partial charge on any atom is -0.394 e. The molecule has 2 saturated heterocycles. The number of hydrogen-bond donors (Lipinski definition) is 2. The van der Waals surface area contributed by atoms with Gasteiger partial charge in [0, 0.05) is 23.9 Å². The Balaban J connectivity index is 1.67. The predicted octanol–water partition coefficient (Wildman–Crippen LogP) is 1.20. The molecule has 0 spiro atoms. The third-order valence-electron chi connectivity index (χ3n) is 4.12. The van der Waals surface area contributed by atoms with Crippen LogP contribution in [0.1, 0.15) is 23.2 Å². The standard InChI is InChI=1S/C15H19NO3/c17-9-13-7-11-6-12(8-16-15(11)19-13)14(18)10-4-2-1-3-5-10/h1-5,11-13,15-17H,6-9H2. The molecule has 1 aromatic rings. The SMILES string of the molecule is O=C(c1ccccc1)C1CNC2OC(CO)CC2C1. The average Bonchev–Trinajstić information content (AvgIpc) is 2.89. The lowest BCUT2D eigenvalue weighted by atomic mass is 9.83. The van der Waals surface area contributed by atoms with Gasteiger partial charge in [-0.05, 0) is 12.8 Å². The molecule has 2 heterocycles. The quantitative estimate of drug-likeness (QED) is 0.803. The molecule has 102 valence electrons. The van der Waals surface area contributed by atoms with Crippen LogP contribution in [0.25, 0.3) is 0 Å². The van der Waals surface area contributed by atoms with Gasteiger partial charge in [-0.1, -0.05) is 30.3 Å². The molecule has 19 heavy (non-hydrogen) atoms. The highest BCUT2D eigenvalue weighted by atomic mass is 16.5. The minimum absolute atomic E-state index is 0.0111. The summed E-state index contributed by atoms with van der Waals surface area (Å²) in [5.74, 6) is 0.562. The van der Waals surface area contributed by atoms with Crippen LogP contribution in [0.5, 0.6) is 0 Å². The van der Waals surface area contributed by atoms with E-state index in [4.69, 9.17) is 9.84 Å². The average molecular weight is 261 g/mol. The molecule has 3 rings (SSSR count). The van der Waals surface area contributed by atoms with Crippen molar-refractivity contribution in [1.82, 2.24) is 5.32 Å². The molecule has 0 aliphatic carbocycles. The number of aliphatic hydroxyl groups excluding tert-OH is 1. The van der Waals surface area contributed by atoms with E-state index in [0.717, 1.165) is 18.4 Å². The van der Waals surface area contributed by atoms with Gasteiger partial charge in [-0.25, -0.2) is 0 Å². The molecule has 0 saturated carbocycles. The maximum Gasteiger partial charge on any atom is 0.167 e. The summed E-state index contributed by atoms with van der Waals surface area (Å²) in [4.78, 5) is 12.4. The maximum atomic E-state index is 12.4. The van der Waals surface area contributed by atoms with Crippen molar-refractivity contribution in [3.63, 3.8) is 0 Å². The van der Waals surface area contributed by atoms with E-state index < -0.39 is 0 Å². The molecule has 0 aromatic heterocycles. The van der Waals surface area contributed by atoms with Crippen molar-refractivity contribution in [2.45, 2.75) is 25.2 Å². The number of ketones is 1. The molecular formula is C15H19NO3. The summed E-state index contributed by atoms with van der Waals surface area (Å²) in [5, 5.41) is 12.4. The third-order valence-corrected chi connectivity index (χ3v) is 4.12. The van der Waals surface area contributed by atoms with Crippen molar-refractivity contribution in [3.8, 4) is 0 Å². The Bertz CT molecular complexity index is 448. The van der Waals surface area contributed by atoms with Gasteiger partial charge < -0.3 is 9.84 Å². The van der Waals surface area contributed by atoms with Crippen molar-refractivity contribution < 1.29 is 14.6 Å². The first-order chi connectivity index (χ1) is 9.28. The van der Waals surface area contributed by atoms with Crippen molar-refractivity contribution in [3.05, 3.63) is 35.9 Å². The van der Waals surface area contributed by atoms with E-state index >= 15 is 0 Å². The van der Waals surface area contributed by atoms with Gasteiger partial charge in [0.05, 0.1) is 12.7 Å². The fourth-order valence-electron chi connectivity index (χ4n) is 3.13. The van der Waals surface area contributed by atoms with E-state index in [9.17, 15) is 4.79 Å². The molecule has 4 atom stereocenters. The Hall–Kier alpha value is -1.23. The number of carbonyl (C=O) groups excluding carboxylic acids is 1. The molecule has 4 heteroatoms. The van der Waals surface area contributed by atoms with E-state index in [-0.39, 0.29) is 30.6 Å². The number of piperidine rings is 1. The first kappa shape index (κ1) is 12.8. The van der Waals surface area contributed by atoms with Crippen LogP contribution in [0.4, 0.5) is 0 Å². The van der Waals surface area contributed by atoms with Crippen molar-refractivity contribution in [2.24, 2.45) is 11.8 Å². The van der Waals surface area contributed by atoms with Gasteiger partial charge in [-0.2, -0.15) is 0 Å². The van der Waals surface area contributed by atoms with Gasteiger partial charge in [-0.15, -0.1) is 0 Å². The largest absolute Gasteiger partial charge is 0.394 e. The second-order valence-corrected chi connectivity index (χ2v) is 5.43. The number of benzene rings is 1. The second-order valence-electron chi connectivity index (χ2n) is 5.43. The van der Waals surface area contributed by atoms with Gasteiger partial charge in [0.1, 0.15) is 6.23 Å². The van der Waals surface area contributed by atoms with Crippen LogP contribution in [0.2, 0.25) is 0 Å². The molecule has 2 N–H and O–H groups in total. The van der Waals surface area contributed by atoms with Crippen molar-refractivity contribution in [2.75, 3.05) is 13.2 Å². The van der Waals surface area contributed by atoms with Crippen LogP contribution in [0.15, 0.2) is 30.3 Å². The highest BCUT2D eigenvalue weighted by molar-refractivity contribution is 5.98. The van der Waals surface area contributed by atoms with E-state index in [1.807, 2.05) is 30.3 Å². The topological polar surface area (TPSA) is 58.6 Å². The Morgan fingerprint density at radius 1 is 1.32 bits per heavy atom. The number of hydrogen-bond acceptors (Lipinski definition) is 4. The fraction of sp³-hybridized carbons (Fsp3) is 0.533. The van der Waals surface area contributed by atoms with Crippen LogP contribution in [0, 0.1) is 11.8 Å². The fourth-order valence-corrected chi connectivity index (χ4v) is 3.13. The van der Waals surface area contributed by atoms with Crippen molar-refractivity contribution >= 4 is 5.78 Å². The molecule has 2 fully saturated rings. The number of Topliss-reactive ketones (excluding diaryl/α,β-unsaturated/α-hetero) is 1. The molecular weight excluding hydrogens is 242 g/mol. The first-order valence-corrected chi connectivity index (χ1v) is 6.87. The zero-order valence-corrected chi connectivity index (χ0v) is 10.8. The molecule has 0 radical (unpaired) electrons. The van der Waals surface area contributed by atoms with Crippen molar-refractivity contribution in [1.29, 1.82) is 0 Å². The minimum atomic E-state index is -0.0759. The van der Waals surface area contributed by atoms with Crippen LogP contribution in [-0.2, 0) is 4.74 Å². The van der Waals surface area contributed by atoms with Gasteiger partial charge in [-0.3, -0.25) is 10.1 Å². The Labute approximate surface area is 112 Å². The summed E-state index contributed by atoms with van der Waals surface area (Å²) in [7, 11) is 0. The van der Waals surface area contributed by atoms with Crippen LogP contribution in [0.3, 0.4) is 0 Å². The number of carbonyl (C=O) groups is 1. The van der Waals surface area contributed by atoms with E-state index in [1.165, 1.54) is 0 Å². The lowest BCUT2D eigenvalue weighted by Crippen LogP contribution is -2.45. The summed E-state index contributed by atoms with van der Waals surface area (Å²) in [6.45, 7) is 0.721. The highest BCUT2D eigenvalue weighted by Crippen LogP contribution is 2.34. The maximum absolute atomic E-state index is 12.4. The normalized spacial score (nSPS) is 33.9. The summed E-state index contributed by atoms with van der Waals surface area (Å²) in [6.07, 6.45) is 1.62. The summed E-state index contributed by atoms with van der Waals surface area (Å²) < 4.78 is 5.68. The van der Waals surface area contributed by atoms with Crippen LogP contribution >= 0.6 is 0 Å². The number of nitrogens with one attached hydrogen (secondary N) is 1. The monoisotopic (exact) mass is 261 g/mol. The summed E-state index contributed by atoms with van der Waals surface area (Å²) in [5.41, 5.74) is 0.783. The molecule has 0 amide bonds. The molecule has 2 aliphatic rings.